The fourth-order valence-corrected chi connectivity index (χ4v) is 3.54. The van der Waals surface area contributed by atoms with Crippen molar-refractivity contribution < 1.29 is 9.59 Å². The Morgan fingerprint density at radius 2 is 2.04 bits per heavy atom. The minimum Gasteiger partial charge on any atom is -0.350 e. The number of amides is 2. The maximum atomic E-state index is 12.7. The van der Waals surface area contributed by atoms with Gasteiger partial charge in [0, 0.05) is 32.1 Å². The summed E-state index contributed by atoms with van der Waals surface area (Å²) >= 11 is 0. The minimum atomic E-state index is -0.207. The molecule has 2 atom stereocenters. The van der Waals surface area contributed by atoms with E-state index in [9.17, 15) is 9.59 Å². The van der Waals surface area contributed by atoms with Gasteiger partial charge in [-0.2, -0.15) is 0 Å². The fourth-order valence-electron chi connectivity index (χ4n) is 3.54. The van der Waals surface area contributed by atoms with Crippen molar-refractivity contribution in [2.24, 2.45) is 5.92 Å². The Labute approximate surface area is 154 Å². The fraction of sp³-hybridized carbons (Fsp3) is 0.381. The topological polar surface area (TPSA) is 62.3 Å². The number of nitrogens with one attached hydrogen (secondary N) is 1. The lowest BCUT2D eigenvalue weighted by molar-refractivity contribution is -0.134. The van der Waals surface area contributed by atoms with Gasteiger partial charge in [0.2, 0.25) is 11.8 Å². The van der Waals surface area contributed by atoms with Crippen LogP contribution in [0.1, 0.15) is 36.1 Å². The molecular weight excluding hydrogens is 326 g/mol. The monoisotopic (exact) mass is 351 g/mol. The van der Waals surface area contributed by atoms with Crippen LogP contribution in [0, 0.1) is 12.8 Å². The van der Waals surface area contributed by atoms with Gasteiger partial charge in [0.25, 0.3) is 0 Å². The molecule has 1 aromatic carbocycles. The van der Waals surface area contributed by atoms with Gasteiger partial charge in [-0.05, 0) is 31.0 Å². The zero-order chi connectivity index (χ0) is 18.5. The first-order valence-corrected chi connectivity index (χ1v) is 9.02. The lowest BCUT2D eigenvalue weighted by atomic mass is 9.83. The van der Waals surface area contributed by atoms with Crippen molar-refractivity contribution >= 4 is 11.8 Å². The molecule has 0 spiro atoms. The van der Waals surface area contributed by atoms with Crippen molar-refractivity contribution in [3.05, 3.63) is 65.5 Å². The van der Waals surface area contributed by atoms with Crippen molar-refractivity contribution in [2.75, 3.05) is 13.1 Å². The maximum absolute atomic E-state index is 12.7. The van der Waals surface area contributed by atoms with Crippen LogP contribution in [0.25, 0.3) is 0 Å². The predicted octanol–water partition coefficient (Wildman–Crippen LogP) is 2.66. The number of rotatable bonds is 4. The highest BCUT2D eigenvalue weighted by atomic mass is 16.2. The van der Waals surface area contributed by atoms with Gasteiger partial charge in [-0.25, -0.2) is 0 Å². The van der Waals surface area contributed by atoms with Crippen LogP contribution in [0.4, 0.5) is 0 Å². The van der Waals surface area contributed by atoms with Crippen molar-refractivity contribution in [1.82, 2.24) is 15.2 Å². The minimum absolute atomic E-state index is 0.0146. The first-order valence-electron chi connectivity index (χ1n) is 9.02. The van der Waals surface area contributed by atoms with Crippen molar-refractivity contribution in [2.45, 2.75) is 32.7 Å². The van der Waals surface area contributed by atoms with E-state index >= 15 is 0 Å². The van der Waals surface area contributed by atoms with Crippen LogP contribution in [0.15, 0.2) is 48.7 Å². The molecule has 0 bridgehead atoms. The molecule has 26 heavy (non-hydrogen) atoms. The molecule has 2 amide bonds. The summed E-state index contributed by atoms with van der Waals surface area (Å²) < 4.78 is 0. The molecule has 0 aliphatic carbocycles. The number of aryl methyl sites for hydroxylation is 1. The number of aromatic nitrogens is 1. The van der Waals surface area contributed by atoms with E-state index in [1.807, 2.05) is 24.3 Å². The summed E-state index contributed by atoms with van der Waals surface area (Å²) in [4.78, 5) is 30.7. The van der Waals surface area contributed by atoms with Crippen LogP contribution in [0.5, 0.6) is 0 Å². The summed E-state index contributed by atoms with van der Waals surface area (Å²) in [6.45, 7) is 5.19. The second-order valence-corrected chi connectivity index (χ2v) is 7.01. The normalized spacial score (nSPS) is 19.8. The lowest BCUT2D eigenvalue weighted by Gasteiger charge is -2.37. The Balaban J connectivity index is 1.70. The largest absolute Gasteiger partial charge is 0.350 e. The average Bonchev–Trinajstić information content (AvgIpc) is 2.66. The van der Waals surface area contributed by atoms with E-state index in [4.69, 9.17) is 0 Å². The molecule has 2 unspecified atom stereocenters. The van der Waals surface area contributed by atoms with Crippen molar-refractivity contribution in [3.63, 3.8) is 0 Å². The number of pyridine rings is 1. The molecule has 1 N–H and O–H groups in total. The molecular formula is C21H25N3O2. The molecule has 1 saturated heterocycles. The van der Waals surface area contributed by atoms with E-state index in [0.29, 0.717) is 19.6 Å². The van der Waals surface area contributed by atoms with E-state index in [-0.39, 0.29) is 23.7 Å². The van der Waals surface area contributed by atoms with Gasteiger partial charge in [0.1, 0.15) is 0 Å². The van der Waals surface area contributed by atoms with Gasteiger partial charge in [0.15, 0.2) is 0 Å². The van der Waals surface area contributed by atoms with Gasteiger partial charge < -0.3 is 10.2 Å². The van der Waals surface area contributed by atoms with E-state index in [2.05, 4.69) is 35.4 Å². The maximum Gasteiger partial charge on any atom is 0.225 e. The molecule has 136 valence electrons. The summed E-state index contributed by atoms with van der Waals surface area (Å²) in [7, 11) is 0. The molecule has 1 aliphatic rings. The molecule has 2 aromatic rings. The van der Waals surface area contributed by atoms with E-state index in [0.717, 1.165) is 12.1 Å². The first kappa shape index (κ1) is 18.1. The highest BCUT2D eigenvalue weighted by Crippen LogP contribution is 2.31. The SMILES string of the molecule is CC(=O)N1CC(C(=O)NCc2ccccn2)CC(c2cccc(C)c2)C1. The summed E-state index contributed by atoms with van der Waals surface area (Å²) in [6, 6.07) is 14.0. The van der Waals surface area contributed by atoms with E-state index in [1.165, 1.54) is 11.1 Å². The standard InChI is InChI=1S/C21H25N3O2/c1-15-6-5-7-17(10-15)18-11-19(14-24(13-18)16(2)25)21(26)23-12-20-8-3-4-9-22-20/h3-10,18-19H,11-14H2,1-2H3,(H,23,26). The number of piperidine rings is 1. The van der Waals surface area contributed by atoms with Crippen LogP contribution >= 0.6 is 0 Å². The average molecular weight is 351 g/mol. The van der Waals surface area contributed by atoms with Crippen LogP contribution in [-0.2, 0) is 16.1 Å². The van der Waals surface area contributed by atoms with Gasteiger partial charge >= 0.3 is 0 Å². The van der Waals surface area contributed by atoms with Crippen molar-refractivity contribution in [1.29, 1.82) is 0 Å². The van der Waals surface area contributed by atoms with Gasteiger partial charge in [0.05, 0.1) is 18.2 Å². The lowest BCUT2D eigenvalue weighted by Crippen LogP contribution is -2.47. The Bertz CT molecular complexity index is 776. The van der Waals surface area contributed by atoms with Crippen LogP contribution < -0.4 is 5.32 Å². The molecule has 2 heterocycles. The smallest absolute Gasteiger partial charge is 0.225 e. The Hall–Kier alpha value is -2.69. The van der Waals surface area contributed by atoms with Crippen LogP contribution in [0.3, 0.4) is 0 Å². The number of nitrogens with zero attached hydrogens (tertiary/aromatic N) is 2. The third-order valence-corrected chi connectivity index (χ3v) is 4.95. The third kappa shape index (κ3) is 4.48. The Morgan fingerprint density at radius 3 is 2.73 bits per heavy atom. The van der Waals surface area contributed by atoms with Crippen molar-refractivity contribution in [3.8, 4) is 0 Å². The van der Waals surface area contributed by atoms with Crippen LogP contribution in [0.2, 0.25) is 0 Å². The molecule has 0 saturated carbocycles. The number of benzene rings is 1. The van der Waals surface area contributed by atoms with Gasteiger partial charge in [-0.15, -0.1) is 0 Å². The Kier molecular flexibility index (Phi) is 5.66. The number of carbonyl (C=O) groups excluding carboxylic acids is 2. The summed E-state index contributed by atoms with van der Waals surface area (Å²) in [5, 5.41) is 2.97. The first-order chi connectivity index (χ1) is 12.5. The molecule has 0 radical (unpaired) electrons. The van der Waals surface area contributed by atoms with Gasteiger partial charge in [-0.1, -0.05) is 35.9 Å². The zero-order valence-corrected chi connectivity index (χ0v) is 15.3. The highest BCUT2D eigenvalue weighted by Gasteiger charge is 2.33. The van der Waals surface area contributed by atoms with E-state index in [1.54, 1.807) is 18.0 Å². The van der Waals surface area contributed by atoms with Gasteiger partial charge in [-0.3, -0.25) is 14.6 Å². The summed E-state index contributed by atoms with van der Waals surface area (Å²) in [5.74, 6) is -0.0239. The Morgan fingerprint density at radius 1 is 1.19 bits per heavy atom. The summed E-state index contributed by atoms with van der Waals surface area (Å²) in [5.41, 5.74) is 3.22. The van der Waals surface area contributed by atoms with Crippen LogP contribution in [-0.4, -0.2) is 34.8 Å². The highest BCUT2D eigenvalue weighted by molar-refractivity contribution is 5.81. The zero-order valence-electron chi connectivity index (χ0n) is 15.3. The molecule has 5 heteroatoms. The van der Waals surface area contributed by atoms with E-state index < -0.39 is 0 Å². The number of carbonyl (C=O) groups is 2. The molecule has 5 nitrogen and oxygen atoms in total. The summed E-state index contributed by atoms with van der Waals surface area (Å²) in [6.07, 6.45) is 2.47. The molecule has 3 rings (SSSR count). The second kappa shape index (κ2) is 8.13. The third-order valence-electron chi connectivity index (χ3n) is 4.95. The molecule has 1 aromatic heterocycles. The number of likely N-dealkylation sites (tertiary alicyclic amines) is 1. The quantitative estimate of drug-likeness (QED) is 0.921. The predicted molar refractivity (Wildman–Crippen MR) is 100 cm³/mol. The number of hydrogen-bond acceptors (Lipinski definition) is 3. The number of hydrogen-bond donors (Lipinski definition) is 1. The molecule has 1 fully saturated rings. The molecule has 1 aliphatic heterocycles. The second-order valence-electron chi connectivity index (χ2n) is 7.01.